The Morgan fingerprint density at radius 1 is 0.500 bits per heavy atom. The van der Waals surface area contributed by atoms with Crippen LogP contribution in [0.25, 0.3) is 0 Å². The Hall–Kier alpha value is -3.65. The van der Waals surface area contributed by atoms with Crippen molar-refractivity contribution in [1.29, 1.82) is 0 Å². The van der Waals surface area contributed by atoms with E-state index < -0.39 is 240 Å². The van der Waals surface area contributed by atoms with Gasteiger partial charge in [0.15, 0.2) is 12.6 Å². The van der Waals surface area contributed by atoms with Crippen LogP contribution in [0.5, 0.6) is 0 Å². The van der Waals surface area contributed by atoms with Crippen LogP contribution in [0.3, 0.4) is 0 Å². The quantitative estimate of drug-likeness (QED) is 0.0347. The number of hydrogen-bond acceptors (Lipinski definition) is 30. The normalized spacial score (nSPS) is 30.8. The van der Waals surface area contributed by atoms with E-state index in [0.717, 1.165) is 78.2 Å². The Morgan fingerprint density at radius 2 is 0.945 bits per heavy atom. The summed E-state index contributed by atoms with van der Waals surface area (Å²) in [6.07, 6.45) is -11.3. The van der Waals surface area contributed by atoms with E-state index in [4.69, 9.17) is 42.6 Å². The summed E-state index contributed by atoms with van der Waals surface area (Å²) in [4.78, 5) is 65.9. The van der Waals surface area contributed by atoms with Gasteiger partial charge in [-0.15, -0.1) is 0 Å². The molecule has 0 spiro atoms. The summed E-state index contributed by atoms with van der Waals surface area (Å²) in [5.74, 6) is -13.7. The van der Waals surface area contributed by atoms with Gasteiger partial charge in [0, 0.05) is 26.9 Å². The van der Waals surface area contributed by atoms with Crippen LogP contribution in [-0.2, 0) is 66.6 Å². The summed E-state index contributed by atoms with van der Waals surface area (Å²) in [5, 5.41) is 206. The van der Waals surface area contributed by atoms with E-state index in [1.807, 2.05) is 0 Å². The number of rotatable bonds is 59. The standard InChI is InChI=1S/C75H137N3O32/c1-5-7-9-11-13-15-17-19-20-21-22-23-24-26-28-30-32-34-36-48(85)69(97)77-46(58(90)47(84)35-33-31-29-27-25-18-16-14-12-10-8-6-2)43-103-70-63(95)62(94)65(54(42-82)106-70)107-71-64(96)68(61(93)53(41-81)105-71)110-75(73(100)101)38-50(87)57(66(109-75)59(91)51(88)39-79)78-55(89)44-104-74(72(98)99)37-49(86)56(76-45(3)83)67(108-74)60(92)52(40-80)102-4/h46-54,56-68,70-71,79-82,84-88,90-96H,5-44H2,1-4H3,(H,76,83)(H,77,97)(H,78,89)(H,98,99)(H,100,101). The molecule has 0 aromatic heterocycles. The van der Waals surface area contributed by atoms with Crippen molar-refractivity contribution in [3.63, 3.8) is 0 Å². The van der Waals surface area contributed by atoms with E-state index in [9.17, 15) is 116 Å². The lowest BCUT2D eigenvalue weighted by Gasteiger charge is -2.50. The number of ether oxygens (including phenoxy) is 9. The summed E-state index contributed by atoms with van der Waals surface area (Å²) >= 11 is 0. The van der Waals surface area contributed by atoms with E-state index >= 15 is 0 Å². The SMILES string of the molecule is CCCCCCCCCCCCCCCCCCCCC(O)C(=O)NC(COC1OC(CO)C(OC2OC(CO)C(O)C(OC3(C(=O)O)CC(O)C(NC(=O)COC4(C(=O)O)CC(O)C(NC(C)=O)C(C(O)C(CO)OC)O4)C(C(O)C(O)CO)O3)C2O)C(O)C1O)C(O)C(O)CCCCCCCCCCCCCC. The topological polar surface area (TPSA) is 569 Å². The fourth-order valence-corrected chi connectivity index (χ4v) is 14.7. The number of aliphatic carboxylic acids is 2. The highest BCUT2D eigenvalue weighted by Crippen LogP contribution is 2.40. The van der Waals surface area contributed by atoms with Crippen molar-refractivity contribution >= 4 is 29.7 Å². The number of carbonyl (C=O) groups is 5. The van der Waals surface area contributed by atoms with Gasteiger partial charge in [-0.3, -0.25) is 14.4 Å². The Balaban J connectivity index is 1.45. The minimum Gasteiger partial charge on any atom is -0.477 e. The van der Waals surface area contributed by atoms with Gasteiger partial charge < -0.3 is 150 Å². The maximum atomic E-state index is 13.8. The van der Waals surface area contributed by atoms with Crippen molar-refractivity contribution in [3.05, 3.63) is 0 Å². The van der Waals surface area contributed by atoms with E-state index in [2.05, 4.69) is 29.8 Å². The molecule has 4 aliphatic rings. The molecule has 0 aromatic carbocycles. The minimum absolute atomic E-state index is 0.0897. The molecule has 35 heteroatoms. The lowest BCUT2D eigenvalue weighted by Crippen LogP contribution is -2.71. The molecule has 4 saturated heterocycles. The number of aliphatic hydroxyl groups excluding tert-OH is 16. The van der Waals surface area contributed by atoms with Crippen molar-refractivity contribution in [1.82, 2.24) is 16.0 Å². The van der Waals surface area contributed by atoms with E-state index in [0.29, 0.717) is 12.8 Å². The van der Waals surface area contributed by atoms with E-state index in [1.165, 1.54) is 116 Å². The summed E-state index contributed by atoms with van der Waals surface area (Å²) < 4.78 is 50.9. The maximum Gasteiger partial charge on any atom is 0.364 e. The highest BCUT2D eigenvalue weighted by Gasteiger charge is 2.61. The first kappa shape index (κ1) is 98.7. The fraction of sp³-hybridized carbons (Fsp3) is 0.933. The molecule has 21 N–H and O–H groups in total. The van der Waals surface area contributed by atoms with Crippen LogP contribution in [0, 0.1) is 0 Å². The average molecular weight is 1590 g/mol. The number of nitrogens with one attached hydrogen (secondary N) is 3. The summed E-state index contributed by atoms with van der Waals surface area (Å²) in [6.45, 7) is -1.05. The molecule has 4 heterocycles. The van der Waals surface area contributed by atoms with Gasteiger partial charge in [0.05, 0.1) is 69.5 Å². The van der Waals surface area contributed by atoms with Crippen molar-refractivity contribution in [2.45, 2.75) is 397 Å². The second-order valence-corrected chi connectivity index (χ2v) is 30.2. The lowest BCUT2D eigenvalue weighted by molar-refractivity contribution is -0.386. The molecule has 110 heavy (non-hydrogen) atoms. The zero-order valence-electron chi connectivity index (χ0n) is 64.9. The Labute approximate surface area is 645 Å². The molecule has 0 radical (unpaired) electrons. The van der Waals surface area contributed by atoms with Crippen LogP contribution < -0.4 is 16.0 Å². The molecular weight excluding hydrogens is 1450 g/mol. The minimum atomic E-state index is -3.39. The number of carboxylic acid groups (broad SMARTS) is 2. The largest absolute Gasteiger partial charge is 0.477 e. The van der Waals surface area contributed by atoms with Gasteiger partial charge >= 0.3 is 11.9 Å². The predicted molar refractivity (Wildman–Crippen MR) is 390 cm³/mol. The molecule has 0 aliphatic carbocycles. The Bertz CT molecular complexity index is 2540. The van der Waals surface area contributed by atoms with Gasteiger partial charge in [0.25, 0.3) is 11.6 Å². The predicted octanol–water partition coefficient (Wildman–Crippen LogP) is -0.308. The first-order valence-corrected chi connectivity index (χ1v) is 40.3. The van der Waals surface area contributed by atoms with Crippen LogP contribution >= 0.6 is 0 Å². The molecule has 3 amide bonds. The van der Waals surface area contributed by atoms with Gasteiger partial charge in [-0.25, -0.2) is 9.59 Å². The fourth-order valence-electron chi connectivity index (χ4n) is 14.7. The number of methoxy groups -OCH3 is 1. The van der Waals surface area contributed by atoms with Gasteiger partial charge in [-0.05, 0) is 12.8 Å². The molecule has 0 aromatic rings. The number of carboxylic acids is 2. The summed E-state index contributed by atoms with van der Waals surface area (Å²) in [7, 11) is 1.06. The molecular formula is C75H137N3O32. The molecule has 0 saturated carbocycles. The third kappa shape index (κ3) is 31.4. The molecule has 35 nitrogen and oxygen atoms in total. The third-order valence-electron chi connectivity index (χ3n) is 21.4. The number of amides is 3. The van der Waals surface area contributed by atoms with Crippen molar-refractivity contribution in [3.8, 4) is 0 Å². The highest BCUT2D eigenvalue weighted by molar-refractivity contribution is 5.81. The van der Waals surface area contributed by atoms with Crippen LogP contribution in [-0.4, -0.2) is 327 Å². The van der Waals surface area contributed by atoms with Gasteiger partial charge in [0.1, 0.15) is 104 Å². The van der Waals surface area contributed by atoms with Crippen molar-refractivity contribution in [2.24, 2.45) is 0 Å². The average Bonchev–Trinajstić information content (AvgIpc) is 0.417. The molecule has 4 fully saturated rings. The highest BCUT2D eigenvalue weighted by atomic mass is 16.8. The zero-order chi connectivity index (χ0) is 81.5. The molecule has 0 bridgehead atoms. The molecule has 26 unspecified atom stereocenters. The second-order valence-electron chi connectivity index (χ2n) is 30.2. The van der Waals surface area contributed by atoms with E-state index in [1.54, 1.807) is 0 Å². The van der Waals surface area contributed by atoms with Crippen LogP contribution in [0.1, 0.15) is 239 Å². The lowest BCUT2D eigenvalue weighted by atomic mass is 9.88. The van der Waals surface area contributed by atoms with Crippen molar-refractivity contribution in [2.75, 3.05) is 46.8 Å². The van der Waals surface area contributed by atoms with Gasteiger partial charge in [-0.1, -0.05) is 206 Å². The number of hydrogen-bond donors (Lipinski definition) is 21. The summed E-state index contributed by atoms with van der Waals surface area (Å²) in [5.41, 5.74) is 0. The van der Waals surface area contributed by atoms with Gasteiger partial charge in [-0.2, -0.15) is 0 Å². The van der Waals surface area contributed by atoms with Crippen LogP contribution in [0.15, 0.2) is 0 Å². The molecule has 644 valence electrons. The first-order chi connectivity index (χ1) is 52.6. The van der Waals surface area contributed by atoms with Crippen molar-refractivity contribution < 1.29 is 159 Å². The number of carbonyl (C=O) groups excluding carboxylic acids is 3. The number of aliphatic hydroxyl groups is 16. The third-order valence-corrected chi connectivity index (χ3v) is 21.4. The number of unbranched alkanes of at least 4 members (excludes halogenated alkanes) is 28. The smallest absolute Gasteiger partial charge is 0.364 e. The molecule has 4 rings (SSSR count). The monoisotopic (exact) mass is 1590 g/mol. The van der Waals surface area contributed by atoms with Crippen LogP contribution in [0.2, 0.25) is 0 Å². The molecule has 4 aliphatic heterocycles. The second kappa shape index (κ2) is 52.8. The Morgan fingerprint density at radius 3 is 1.40 bits per heavy atom. The zero-order valence-corrected chi connectivity index (χ0v) is 64.9. The Kier molecular flexibility index (Phi) is 47.4. The van der Waals surface area contributed by atoms with Gasteiger partial charge in [0.2, 0.25) is 17.7 Å². The van der Waals surface area contributed by atoms with Crippen LogP contribution in [0.4, 0.5) is 0 Å². The molecule has 26 atom stereocenters. The summed E-state index contributed by atoms with van der Waals surface area (Å²) in [6, 6.07) is -5.10. The maximum absolute atomic E-state index is 13.8. The van der Waals surface area contributed by atoms with E-state index in [-0.39, 0.29) is 12.8 Å². The first-order valence-electron chi connectivity index (χ1n) is 40.3.